The van der Waals surface area contributed by atoms with Gasteiger partial charge in [-0.1, -0.05) is 12.1 Å². The molecule has 2 aliphatic heterocycles. The molecule has 1 aromatic carbocycles. The normalized spacial score (nSPS) is 19.1. The number of nitrogens with one attached hydrogen (secondary N) is 2. The molecule has 146 valence electrons. The first-order chi connectivity index (χ1) is 13.5. The van der Waals surface area contributed by atoms with Crippen LogP contribution in [0.5, 0.6) is 0 Å². The van der Waals surface area contributed by atoms with Crippen molar-refractivity contribution in [3.05, 3.63) is 48.2 Å². The third-order valence-corrected chi connectivity index (χ3v) is 6.16. The predicted octanol–water partition coefficient (Wildman–Crippen LogP) is 1.75. The topological polar surface area (TPSA) is 104 Å². The Morgan fingerprint density at radius 1 is 1.14 bits per heavy atom. The highest BCUT2D eigenvalue weighted by atomic mass is 32.2. The van der Waals surface area contributed by atoms with E-state index in [2.05, 4.69) is 24.9 Å². The Morgan fingerprint density at radius 3 is 2.75 bits per heavy atom. The van der Waals surface area contributed by atoms with Crippen LogP contribution >= 0.6 is 0 Å². The molecule has 1 saturated heterocycles. The molecule has 0 saturated carbocycles. The summed E-state index contributed by atoms with van der Waals surface area (Å²) in [7, 11) is -3.61. The summed E-state index contributed by atoms with van der Waals surface area (Å²) in [5, 5.41) is 2.85. The molecular weight excluding hydrogens is 378 g/mol. The molecule has 2 N–H and O–H groups in total. The van der Waals surface area contributed by atoms with Crippen LogP contribution in [0.4, 0.5) is 11.5 Å². The maximum atomic E-state index is 12.4. The van der Waals surface area contributed by atoms with Gasteiger partial charge in [0, 0.05) is 24.8 Å². The Labute approximate surface area is 163 Å². The van der Waals surface area contributed by atoms with Gasteiger partial charge in [-0.2, -0.15) is 0 Å². The average molecular weight is 399 g/mol. The molecule has 28 heavy (non-hydrogen) atoms. The second-order valence-corrected chi connectivity index (χ2v) is 8.39. The molecule has 9 heteroatoms. The molecule has 0 bridgehead atoms. The molecule has 1 fully saturated rings. The molecule has 4 rings (SSSR count). The summed E-state index contributed by atoms with van der Waals surface area (Å²) in [6.07, 6.45) is 5.14. The van der Waals surface area contributed by atoms with E-state index in [-0.39, 0.29) is 23.2 Å². The SMILES string of the molecule is O=C(CN=C1NS(=O)(=O)c2ccccc21)Nc1cccnc1N1CCCCC1. The van der Waals surface area contributed by atoms with Crippen molar-refractivity contribution in [2.24, 2.45) is 4.99 Å². The van der Waals surface area contributed by atoms with E-state index in [1.807, 2.05) is 6.07 Å². The van der Waals surface area contributed by atoms with Crippen molar-refractivity contribution in [2.45, 2.75) is 24.2 Å². The zero-order valence-corrected chi connectivity index (χ0v) is 16.1. The van der Waals surface area contributed by atoms with E-state index in [4.69, 9.17) is 0 Å². The van der Waals surface area contributed by atoms with Crippen molar-refractivity contribution in [2.75, 3.05) is 29.9 Å². The van der Waals surface area contributed by atoms with Gasteiger partial charge in [-0.05, 0) is 43.5 Å². The van der Waals surface area contributed by atoms with Crippen LogP contribution in [0.2, 0.25) is 0 Å². The van der Waals surface area contributed by atoms with Crippen LogP contribution in [0, 0.1) is 0 Å². The number of rotatable bonds is 4. The van der Waals surface area contributed by atoms with E-state index in [0.717, 1.165) is 31.7 Å². The summed E-state index contributed by atoms with van der Waals surface area (Å²) in [4.78, 5) is 23.4. The first-order valence-electron chi connectivity index (χ1n) is 9.21. The number of anilines is 2. The standard InChI is InChI=1S/C19H21N5O3S/c25-17(13-21-18-14-7-2-3-9-16(14)28(26,27)23-18)22-15-8-6-10-20-19(15)24-11-4-1-5-12-24/h2-3,6-10H,1,4-5,11-13H2,(H,21,23)(H,22,25). The monoisotopic (exact) mass is 399 g/mol. The number of hydrogen-bond donors (Lipinski definition) is 2. The molecule has 0 spiro atoms. The van der Waals surface area contributed by atoms with Crippen LogP contribution in [0.25, 0.3) is 0 Å². The molecule has 2 aromatic rings. The van der Waals surface area contributed by atoms with Gasteiger partial charge in [-0.25, -0.2) is 13.4 Å². The number of sulfonamides is 1. The number of piperidine rings is 1. The summed E-state index contributed by atoms with van der Waals surface area (Å²) in [6, 6.07) is 10.2. The van der Waals surface area contributed by atoms with Crippen molar-refractivity contribution in [3.63, 3.8) is 0 Å². The van der Waals surface area contributed by atoms with Crippen LogP contribution in [0.3, 0.4) is 0 Å². The molecule has 0 unspecified atom stereocenters. The zero-order valence-electron chi connectivity index (χ0n) is 15.3. The number of hydrogen-bond acceptors (Lipinski definition) is 6. The minimum Gasteiger partial charge on any atom is -0.355 e. The minimum atomic E-state index is -3.61. The predicted molar refractivity (Wildman–Crippen MR) is 107 cm³/mol. The smallest absolute Gasteiger partial charge is 0.263 e. The molecule has 0 atom stereocenters. The third kappa shape index (κ3) is 3.70. The fraction of sp³-hybridized carbons (Fsp3) is 0.316. The van der Waals surface area contributed by atoms with Gasteiger partial charge in [-0.3, -0.25) is 14.5 Å². The fourth-order valence-corrected chi connectivity index (χ4v) is 4.70. The third-order valence-electron chi connectivity index (χ3n) is 4.76. The lowest BCUT2D eigenvalue weighted by Crippen LogP contribution is -2.31. The van der Waals surface area contributed by atoms with Crippen molar-refractivity contribution in [1.29, 1.82) is 0 Å². The first-order valence-corrected chi connectivity index (χ1v) is 10.7. The Kier molecular flexibility index (Phi) is 4.99. The van der Waals surface area contributed by atoms with Gasteiger partial charge in [-0.15, -0.1) is 0 Å². The highest BCUT2D eigenvalue weighted by molar-refractivity contribution is 7.90. The summed E-state index contributed by atoms with van der Waals surface area (Å²) < 4.78 is 26.6. The highest BCUT2D eigenvalue weighted by Gasteiger charge is 2.30. The number of pyridine rings is 1. The number of nitrogens with zero attached hydrogens (tertiary/aromatic N) is 3. The molecule has 0 aliphatic carbocycles. The maximum absolute atomic E-state index is 12.4. The van der Waals surface area contributed by atoms with Gasteiger partial charge in [0.25, 0.3) is 10.0 Å². The van der Waals surface area contributed by atoms with Gasteiger partial charge in [0.05, 0.1) is 10.6 Å². The molecule has 2 aliphatic rings. The van der Waals surface area contributed by atoms with E-state index in [1.54, 1.807) is 30.5 Å². The average Bonchev–Trinajstić information content (AvgIpc) is 2.98. The minimum absolute atomic E-state index is 0.175. The highest BCUT2D eigenvalue weighted by Crippen LogP contribution is 2.26. The number of amidine groups is 1. The van der Waals surface area contributed by atoms with E-state index in [9.17, 15) is 13.2 Å². The summed E-state index contributed by atoms with van der Waals surface area (Å²) in [5.74, 6) is 0.616. The van der Waals surface area contributed by atoms with Crippen LogP contribution in [0.15, 0.2) is 52.5 Å². The number of aromatic nitrogens is 1. The first kappa shape index (κ1) is 18.4. The van der Waals surface area contributed by atoms with Crippen molar-refractivity contribution < 1.29 is 13.2 Å². The Bertz CT molecular complexity index is 1030. The Hall–Kier alpha value is -2.94. The number of carbonyl (C=O) groups excluding carboxylic acids is 1. The van der Waals surface area contributed by atoms with Crippen LogP contribution in [-0.4, -0.2) is 44.8 Å². The van der Waals surface area contributed by atoms with Crippen LogP contribution in [-0.2, 0) is 14.8 Å². The number of fused-ring (bicyclic) bond motifs is 1. The fourth-order valence-electron chi connectivity index (χ4n) is 3.44. The summed E-state index contributed by atoms with van der Waals surface area (Å²) in [6.45, 7) is 1.64. The number of aliphatic imine (C=N–C) groups is 1. The van der Waals surface area contributed by atoms with Crippen molar-refractivity contribution in [1.82, 2.24) is 9.71 Å². The lowest BCUT2D eigenvalue weighted by atomic mass is 10.1. The zero-order chi connectivity index (χ0) is 19.6. The second kappa shape index (κ2) is 7.59. The second-order valence-electron chi connectivity index (χ2n) is 6.74. The summed E-state index contributed by atoms with van der Waals surface area (Å²) in [5.41, 5.74) is 1.12. The number of benzene rings is 1. The molecular formula is C19H21N5O3S. The van der Waals surface area contributed by atoms with Gasteiger partial charge in [0.1, 0.15) is 12.4 Å². The molecule has 1 amide bonds. The van der Waals surface area contributed by atoms with Gasteiger partial charge in [0.2, 0.25) is 5.91 Å². The molecule has 1 aromatic heterocycles. The van der Waals surface area contributed by atoms with E-state index in [0.29, 0.717) is 11.3 Å². The van der Waals surface area contributed by atoms with Gasteiger partial charge in [0.15, 0.2) is 5.82 Å². The Balaban J connectivity index is 1.48. The largest absolute Gasteiger partial charge is 0.355 e. The van der Waals surface area contributed by atoms with Crippen LogP contribution in [0.1, 0.15) is 24.8 Å². The van der Waals surface area contributed by atoms with E-state index < -0.39 is 10.0 Å². The summed E-state index contributed by atoms with van der Waals surface area (Å²) >= 11 is 0. The van der Waals surface area contributed by atoms with Crippen molar-refractivity contribution in [3.8, 4) is 0 Å². The quantitative estimate of drug-likeness (QED) is 0.815. The lowest BCUT2D eigenvalue weighted by Gasteiger charge is -2.29. The maximum Gasteiger partial charge on any atom is 0.263 e. The number of carbonyl (C=O) groups is 1. The van der Waals surface area contributed by atoms with Gasteiger partial charge < -0.3 is 10.2 Å². The van der Waals surface area contributed by atoms with E-state index in [1.165, 1.54) is 12.5 Å². The van der Waals surface area contributed by atoms with E-state index >= 15 is 0 Å². The van der Waals surface area contributed by atoms with Gasteiger partial charge >= 0.3 is 0 Å². The lowest BCUT2D eigenvalue weighted by molar-refractivity contribution is -0.114. The van der Waals surface area contributed by atoms with Crippen molar-refractivity contribution >= 4 is 33.3 Å². The molecule has 0 radical (unpaired) electrons. The Morgan fingerprint density at radius 2 is 1.93 bits per heavy atom. The number of amides is 1. The molecule has 8 nitrogen and oxygen atoms in total. The molecule has 3 heterocycles. The van der Waals surface area contributed by atoms with Crippen LogP contribution < -0.4 is 14.9 Å².